The van der Waals surface area contributed by atoms with Gasteiger partial charge >= 0.3 is 10.4 Å². The van der Waals surface area contributed by atoms with Crippen LogP contribution in [-0.2, 0) is 15.1 Å². The van der Waals surface area contributed by atoms with Gasteiger partial charge in [0, 0.05) is 0 Å². The minimum atomic E-state index is -4.67. The van der Waals surface area contributed by atoms with Crippen molar-refractivity contribution in [1.29, 1.82) is 0 Å². The maximum Gasteiger partial charge on any atom is 0.394 e. The van der Waals surface area contributed by atoms with E-state index in [9.17, 15) is 0 Å². The number of likely N-dealkylation sites (N-methyl/N-ethyl adjacent to an activating group) is 1. The molecule has 0 aromatic carbocycles. The lowest BCUT2D eigenvalue weighted by atomic mass is 10.0. The molecule has 2 N–H and O–H groups in total. The highest BCUT2D eigenvalue weighted by molar-refractivity contribution is 7.79. The van der Waals surface area contributed by atoms with E-state index in [-0.39, 0.29) is 0 Å². The standard InChI is InChI=1S/C22H46NO.H2O4S/c1-3-5-6-7-8-9-10-11-12-13-14-15-16-17-18-23(4-2)19-21-24-22-20-23;1-5(2,3)4/h3-22H2,1-2H3;(H2,1,2,3,4)/q+1;. The summed E-state index contributed by atoms with van der Waals surface area (Å²) in [5.41, 5.74) is 0. The van der Waals surface area contributed by atoms with Crippen molar-refractivity contribution >= 4 is 10.4 Å². The van der Waals surface area contributed by atoms with Gasteiger partial charge in [-0.25, -0.2) is 0 Å². The second-order valence-corrected chi connectivity index (χ2v) is 9.38. The smallest absolute Gasteiger partial charge is 0.370 e. The minimum absolute atomic E-state index is 0.979. The van der Waals surface area contributed by atoms with Gasteiger partial charge in [-0.15, -0.1) is 0 Å². The first-order chi connectivity index (χ1) is 13.8. The molecule has 0 aliphatic carbocycles. The first-order valence-corrected chi connectivity index (χ1v) is 13.4. The second-order valence-electron chi connectivity index (χ2n) is 8.49. The van der Waals surface area contributed by atoms with Crippen molar-refractivity contribution in [2.24, 2.45) is 0 Å². The van der Waals surface area contributed by atoms with E-state index in [1.165, 1.54) is 121 Å². The molecule has 176 valence electrons. The summed E-state index contributed by atoms with van der Waals surface area (Å²) in [6.45, 7) is 11.8. The average Bonchev–Trinajstić information content (AvgIpc) is 2.68. The van der Waals surface area contributed by atoms with Gasteiger partial charge in [-0.3, -0.25) is 9.11 Å². The Morgan fingerprint density at radius 1 is 0.690 bits per heavy atom. The Kier molecular flexibility index (Phi) is 18.4. The maximum absolute atomic E-state index is 8.74. The van der Waals surface area contributed by atoms with Crippen molar-refractivity contribution in [2.45, 2.75) is 104 Å². The number of hydrogen-bond donors (Lipinski definition) is 2. The fourth-order valence-corrected chi connectivity index (χ4v) is 4.07. The molecule has 0 aromatic rings. The normalized spacial score (nSPS) is 16.3. The minimum Gasteiger partial charge on any atom is -0.370 e. The molecule has 0 spiro atoms. The molecule has 1 heterocycles. The molecule has 0 atom stereocenters. The Hall–Kier alpha value is -0.210. The molecular weight excluding hydrogens is 390 g/mol. The third-order valence-electron chi connectivity index (χ3n) is 6.08. The highest BCUT2D eigenvalue weighted by Crippen LogP contribution is 2.16. The number of hydrogen-bond acceptors (Lipinski definition) is 3. The maximum atomic E-state index is 8.74. The van der Waals surface area contributed by atoms with Crippen LogP contribution in [0.3, 0.4) is 0 Å². The van der Waals surface area contributed by atoms with Crippen molar-refractivity contribution in [3.8, 4) is 0 Å². The van der Waals surface area contributed by atoms with E-state index in [2.05, 4.69) is 13.8 Å². The summed E-state index contributed by atoms with van der Waals surface area (Å²) in [5, 5.41) is 0. The lowest BCUT2D eigenvalue weighted by Gasteiger charge is -2.40. The lowest BCUT2D eigenvalue weighted by molar-refractivity contribution is -0.933. The van der Waals surface area contributed by atoms with Crippen LogP contribution in [0.25, 0.3) is 0 Å². The van der Waals surface area contributed by atoms with E-state index in [0.29, 0.717) is 0 Å². The van der Waals surface area contributed by atoms with Gasteiger partial charge in [-0.05, 0) is 19.8 Å². The predicted octanol–water partition coefficient (Wildman–Crippen LogP) is 5.68. The molecule has 1 aliphatic heterocycles. The molecule has 0 aromatic heterocycles. The van der Waals surface area contributed by atoms with Crippen molar-refractivity contribution < 1.29 is 26.7 Å². The van der Waals surface area contributed by atoms with E-state index in [1.807, 2.05) is 0 Å². The van der Waals surface area contributed by atoms with Crippen molar-refractivity contribution in [3.63, 3.8) is 0 Å². The third-order valence-corrected chi connectivity index (χ3v) is 6.08. The van der Waals surface area contributed by atoms with Gasteiger partial charge in [0.2, 0.25) is 0 Å². The van der Waals surface area contributed by atoms with Crippen molar-refractivity contribution in [3.05, 3.63) is 0 Å². The monoisotopic (exact) mass is 438 g/mol. The Labute approximate surface area is 180 Å². The number of rotatable bonds is 16. The zero-order valence-electron chi connectivity index (χ0n) is 19.1. The van der Waals surface area contributed by atoms with Crippen LogP contribution < -0.4 is 0 Å². The van der Waals surface area contributed by atoms with Gasteiger partial charge in [0.05, 0.1) is 26.3 Å². The molecule has 1 fully saturated rings. The summed E-state index contributed by atoms with van der Waals surface area (Å²) < 4.78 is 38.4. The Morgan fingerprint density at radius 2 is 1.03 bits per heavy atom. The molecule has 7 heteroatoms. The fourth-order valence-electron chi connectivity index (χ4n) is 4.07. The number of unbranched alkanes of at least 4 members (excludes halogenated alkanes) is 13. The molecule has 0 amide bonds. The third kappa shape index (κ3) is 20.8. The van der Waals surface area contributed by atoms with Gasteiger partial charge in [0.15, 0.2) is 0 Å². The van der Waals surface area contributed by atoms with Crippen LogP contribution in [0.1, 0.15) is 104 Å². The number of quaternary nitrogens is 1. The van der Waals surface area contributed by atoms with Crippen LogP contribution in [0, 0.1) is 0 Å². The van der Waals surface area contributed by atoms with E-state index < -0.39 is 10.4 Å². The first kappa shape index (κ1) is 28.8. The van der Waals surface area contributed by atoms with Crippen LogP contribution in [0.4, 0.5) is 0 Å². The van der Waals surface area contributed by atoms with E-state index in [1.54, 1.807) is 0 Å². The highest BCUT2D eigenvalue weighted by atomic mass is 32.3. The molecule has 0 radical (unpaired) electrons. The van der Waals surface area contributed by atoms with E-state index in [0.717, 1.165) is 13.2 Å². The molecule has 0 saturated carbocycles. The summed E-state index contributed by atoms with van der Waals surface area (Å²) in [4.78, 5) is 0. The van der Waals surface area contributed by atoms with E-state index >= 15 is 0 Å². The highest BCUT2D eigenvalue weighted by Gasteiger charge is 2.27. The second kappa shape index (κ2) is 18.6. The van der Waals surface area contributed by atoms with Crippen LogP contribution in [0.5, 0.6) is 0 Å². The fraction of sp³-hybridized carbons (Fsp3) is 1.00. The molecule has 1 aliphatic rings. The first-order valence-electron chi connectivity index (χ1n) is 12.0. The summed E-state index contributed by atoms with van der Waals surface area (Å²) >= 11 is 0. The zero-order valence-corrected chi connectivity index (χ0v) is 19.9. The van der Waals surface area contributed by atoms with Crippen molar-refractivity contribution in [2.75, 3.05) is 39.4 Å². The summed E-state index contributed by atoms with van der Waals surface area (Å²) in [5.74, 6) is 0. The van der Waals surface area contributed by atoms with Crippen LogP contribution in [-0.4, -0.2) is 61.4 Å². The molecule has 0 bridgehead atoms. The topological polar surface area (TPSA) is 83.8 Å². The van der Waals surface area contributed by atoms with E-state index in [4.69, 9.17) is 22.3 Å². The Balaban J connectivity index is 0.00000139. The Bertz CT molecular complexity index is 442. The summed E-state index contributed by atoms with van der Waals surface area (Å²) in [7, 11) is -4.67. The predicted molar refractivity (Wildman–Crippen MR) is 121 cm³/mol. The summed E-state index contributed by atoms with van der Waals surface area (Å²) in [6.07, 6.45) is 20.4. The van der Waals surface area contributed by atoms with Gasteiger partial charge in [0.1, 0.15) is 13.1 Å². The lowest BCUT2D eigenvalue weighted by Crippen LogP contribution is -2.55. The molecule has 6 nitrogen and oxygen atoms in total. The summed E-state index contributed by atoms with van der Waals surface area (Å²) in [6, 6.07) is 0. The van der Waals surface area contributed by atoms with Gasteiger partial charge < -0.3 is 9.22 Å². The number of morpholine rings is 1. The quantitative estimate of drug-likeness (QED) is 0.184. The molecule has 1 saturated heterocycles. The molecule has 1 rings (SSSR count). The Morgan fingerprint density at radius 3 is 1.38 bits per heavy atom. The largest absolute Gasteiger partial charge is 0.394 e. The average molecular weight is 439 g/mol. The number of nitrogens with zero attached hydrogens (tertiary/aromatic N) is 1. The van der Waals surface area contributed by atoms with Gasteiger partial charge in [-0.1, -0.05) is 84.0 Å². The zero-order chi connectivity index (χ0) is 21.8. The van der Waals surface area contributed by atoms with Crippen molar-refractivity contribution in [1.82, 2.24) is 0 Å². The molecular formula is C22H48NO5S+. The van der Waals surface area contributed by atoms with Crippen LogP contribution in [0.2, 0.25) is 0 Å². The number of ether oxygens (including phenoxy) is 1. The SMILES string of the molecule is CCCCCCCCCCCCCCCC[N+]1(CC)CCOCC1.O=S(=O)(O)O. The van der Waals surface area contributed by atoms with Gasteiger partial charge in [-0.2, -0.15) is 8.42 Å². The van der Waals surface area contributed by atoms with Gasteiger partial charge in [0.25, 0.3) is 0 Å². The molecule has 0 unspecified atom stereocenters. The van der Waals surface area contributed by atoms with Crippen LogP contribution >= 0.6 is 0 Å². The molecule has 29 heavy (non-hydrogen) atoms. The van der Waals surface area contributed by atoms with Crippen LogP contribution in [0.15, 0.2) is 0 Å².